The lowest BCUT2D eigenvalue weighted by molar-refractivity contribution is -0.146. The number of carbonyl (C=O) groups excluding carboxylic acids is 1. The molecule has 2 saturated heterocycles. The van der Waals surface area contributed by atoms with Crippen LogP contribution in [-0.4, -0.2) is 65.6 Å². The summed E-state index contributed by atoms with van der Waals surface area (Å²) in [5.74, 6) is -0.550. The molecule has 3 rings (SSSR count). The minimum atomic E-state index is -0.851. The molecule has 0 aliphatic carbocycles. The van der Waals surface area contributed by atoms with E-state index < -0.39 is 17.4 Å². The lowest BCUT2D eigenvalue weighted by atomic mass is 9.77. The first-order chi connectivity index (χ1) is 12.5. The Labute approximate surface area is 154 Å². The highest BCUT2D eigenvalue weighted by atomic mass is 16.5. The number of benzene rings is 1. The zero-order valence-corrected chi connectivity index (χ0v) is 15.6. The Hall–Kier alpha value is -2.08. The molecule has 0 bridgehead atoms. The maximum atomic E-state index is 12.1. The Balaban J connectivity index is 1.54. The van der Waals surface area contributed by atoms with E-state index in [1.54, 1.807) is 11.9 Å². The van der Waals surface area contributed by atoms with Gasteiger partial charge in [0.1, 0.15) is 12.4 Å². The van der Waals surface area contributed by atoms with Gasteiger partial charge in [-0.15, -0.1) is 0 Å². The van der Waals surface area contributed by atoms with Crippen molar-refractivity contribution in [2.45, 2.75) is 38.1 Å². The van der Waals surface area contributed by atoms with Crippen LogP contribution in [0.25, 0.3) is 0 Å². The zero-order valence-electron chi connectivity index (χ0n) is 15.6. The first-order valence-electron chi connectivity index (χ1n) is 9.40. The van der Waals surface area contributed by atoms with Crippen molar-refractivity contribution in [2.24, 2.45) is 5.92 Å². The summed E-state index contributed by atoms with van der Waals surface area (Å²) in [6.45, 7) is 5.12. The SMILES string of the molecule is CCc1ccccc1OCCN1CCC2(CC1)[C@@H](C(=O)O)CC(=O)N2C. The molecule has 26 heavy (non-hydrogen) atoms. The Morgan fingerprint density at radius 1 is 1.31 bits per heavy atom. The number of carboxylic acids is 1. The van der Waals surface area contributed by atoms with Crippen LogP contribution in [0, 0.1) is 5.92 Å². The molecule has 1 N–H and O–H groups in total. The maximum absolute atomic E-state index is 12.1. The average Bonchev–Trinajstić information content (AvgIpc) is 2.89. The molecule has 0 saturated carbocycles. The topological polar surface area (TPSA) is 70.1 Å². The number of rotatable bonds is 6. The molecule has 2 heterocycles. The molecule has 0 unspecified atom stereocenters. The summed E-state index contributed by atoms with van der Waals surface area (Å²) >= 11 is 0. The van der Waals surface area contributed by atoms with Crippen molar-refractivity contribution in [2.75, 3.05) is 33.3 Å². The molecule has 1 spiro atoms. The minimum absolute atomic E-state index is 0.0506. The van der Waals surface area contributed by atoms with Gasteiger partial charge in [-0.3, -0.25) is 14.5 Å². The zero-order chi connectivity index (χ0) is 18.7. The summed E-state index contributed by atoms with van der Waals surface area (Å²) in [6, 6.07) is 8.09. The lowest BCUT2D eigenvalue weighted by Crippen LogP contribution is -2.56. The number of para-hydroxylation sites is 1. The average molecular weight is 360 g/mol. The van der Waals surface area contributed by atoms with E-state index in [0.717, 1.165) is 31.8 Å². The van der Waals surface area contributed by atoms with Gasteiger partial charge in [0.15, 0.2) is 0 Å². The second kappa shape index (κ2) is 7.66. The summed E-state index contributed by atoms with van der Waals surface area (Å²) in [5.41, 5.74) is 0.690. The number of carbonyl (C=O) groups is 2. The fourth-order valence-corrected chi connectivity index (χ4v) is 4.37. The molecule has 6 heteroatoms. The smallest absolute Gasteiger partial charge is 0.309 e. The molecule has 2 aliphatic heterocycles. The van der Waals surface area contributed by atoms with Crippen LogP contribution in [0.15, 0.2) is 24.3 Å². The van der Waals surface area contributed by atoms with Gasteiger partial charge in [-0.05, 0) is 30.9 Å². The number of nitrogens with zero attached hydrogens (tertiary/aromatic N) is 2. The Morgan fingerprint density at radius 2 is 2.00 bits per heavy atom. The van der Waals surface area contributed by atoms with E-state index in [4.69, 9.17) is 4.74 Å². The van der Waals surface area contributed by atoms with E-state index >= 15 is 0 Å². The number of amides is 1. The monoisotopic (exact) mass is 360 g/mol. The largest absolute Gasteiger partial charge is 0.492 e. The van der Waals surface area contributed by atoms with Gasteiger partial charge < -0.3 is 14.7 Å². The quantitative estimate of drug-likeness (QED) is 0.841. The van der Waals surface area contributed by atoms with Crippen LogP contribution < -0.4 is 4.74 Å². The number of ether oxygens (including phenoxy) is 1. The highest BCUT2D eigenvalue weighted by molar-refractivity contribution is 5.88. The van der Waals surface area contributed by atoms with Gasteiger partial charge in [-0.2, -0.15) is 0 Å². The third-order valence-corrected chi connectivity index (χ3v) is 6.11. The Kier molecular flexibility index (Phi) is 5.51. The van der Waals surface area contributed by atoms with Crippen molar-refractivity contribution >= 4 is 11.9 Å². The van der Waals surface area contributed by atoms with Crippen LogP contribution in [0.4, 0.5) is 0 Å². The summed E-state index contributed by atoms with van der Waals surface area (Å²) in [7, 11) is 1.76. The van der Waals surface area contributed by atoms with Gasteiger partial charge in [0.25, 0.3) is 0 Å². The highest BCUT2D eigenvalue weighted by Crippen LogP contribution is 2.42. The molecular formula is C20H28N2O4. The number of hydrogen-bond donors (Lipinski definition) is 1. The summed E-state index contributed by atoms with van der Waals surface area (Å²) < 4.78 is 5.94. The number of aryl methyl sites for hydroxylation is 1. The molecule has 1 amide bonds. The molecular weight excluding hydrogens is 332 g/mol. The molecule has 1 aromatic rings. The van der Waals surface area contributed by atoms with Gasteiger partial charge >= 0.3 is 5.97 Å². The van der Waals surface area contributed by atoms with Crippen molar-refractivity contribution in [1.29, 1.82) is 0 Å². The van der Waals surface area contributed by atoms with Crippen LogP contribution in [0.3, 0.4) is 0 Å². The van der Waals surface area contributed by atoms with E-state index in [2.05, 4.69) is 17.9 Å². The van der Waals surface area contributed by atoms with E-state index in [1.165, 1.54) is 5.56 Å². The lowest BCUT2D eigenvalue weighted by Gasteiger charge is -2.45. The first-order valence-corrected chi connectivity index (χ1v) is 9.40. The predicted molar refractivity (Wildman–Crippen MR) is 98.2 cm³/mol. The number of hydrogen-bond acceptors (Lipinski definition) is 4. The van der Waals surface area contributed by atoms with Gasteiger partial charge in [0, 0.05) is 33.1 Å². The van der Waals surface area contributed by atoms with Crippen LogP contribution in [0.1, 0.15) is 31.7 Å². The number of carboxylic acid groups (broad SMARTS) is 1. The summed E-state index contributed by atoms with van der Waals surface area (Å²) in [5, 5.41) is 9.54. The van der Waals surface area contributed by atoms with E-state index in [0.29, 0.717) is 19.4 Å². The third kappa shape index (κ3) is 3.43. The normalized spacial score (nSPS) is 22.8. The molecule has 6 nitrogen and oxygen atoms in total. The van der Waals surface area contributed by atoms with E-state index in [1.807, 2.05) is 18.2 Å². The van der Waals surface area contributed by atoms with Crippen molar-refractivity contribution < 1.29 is 19.4 Å². The van der Waals surface area contributed by atoms with Crippen molar-refractivity contribution in [3.05, 3.63) is 29.8 Å². The number of aliphatic carboxylic acids is 1. The minimum Gasteiger partial charge on any atom is -0.492 e. The Morgan fingerprint density at radius 3 is 2.65 bits per heavy atom. The molecule has 0 radical (unpaired) electrons. The van der Waals surface area contributed by atoms with E-state index in [-0.39, 0.29) is 12.3 Å². The predicted octanol–water partition coefficient (Wildman–Crippen LogP) is 2.03. The highest BCUT2D eigenvalue weighted by Gasteiger charge is 2.55. The molecule has 142 valence electrons. The second-order valence-electron chi connectivity index (χ2n) is 7.30. The summed E-state index contributed by atoms with van der Waals surface area (Å²) in [6.07, 6.45) is 2.48. The van der Waals surface area contributed by atoms with Gasteiger partial charge in [0.2, 0.25) is 5.91 Å². The molecule has 1 atom stereocenters. The first kappa shape index (κ1) is 18.7. The molecule has 1 aromatic carbocycles. The standard InChI is InChI=1S/C20H28N2O4/c1-3-15-6-4-5-7-17(15)26-13-12-22-10-8-20(9-11-22)16(19(24)25)14-18(23)21(20)2/h4-7,16H,3,8-14H2,1-2H3,(H,24,25)/t16-/m1/s1. The van der Waals surface area contributed by atoms with Crippen LogP contribution >= 0.6 is 0 Å². The Bertz CT molecular complexity index is 668. The van der Waals surface area contributed by atoms with Gasteiger partial charge in [-0.1, -0.05) is 25.1 Å². The second-order valence-corrected chi connectivity index (χ2v) is 7.30. The van der Waals surface area contributed by atoms with Gasteiger partial charge in [-0.25, -0.2) is 0 Å². The number of likely N-dealkylation sites (tertiary alicyclic amines) is 2. The van der Waals surface area contributed by atoms with Crippen LogP contribution in [0.2, 0.25) is 0 Å². The summed E-state index contributed by atoms with van der Waals surface area (Å²) in [4.78, 5) is 27.7. The van der Waals surface area contributed by atoms with Crippen LogP contribution in [0.5, 0.6) is 5.75 Å². The van der Waals surface area contributed by atoms with Crippen molar-refractivity contribution in [3.63, 3.8) is 0 Å². The molecule has 2 aliphatic rings. The maximum Gasteiger partial charge on any atom is 0.309 e. The fraction of sp³-hybridized carbons (Fsp3) is 0.600. The third-order valence-electron chi connectivity index (χ3n) is 6.11. The molecule has 0 aromatic heterocycles. The fourth-order valence-electron chi connectivity index (χ4n) is 4.37. The van der Waals surface area contributed by atoms with Gasteiger partial charge in [0.05, 0.1) is 11.5 Å². The van der Waals surface area contributed by atoms with E-state index in [9.17, 15) is 14.7 Å². The van der Waals surface area contributed by atoms with Crippen LogP contribution in [-0.2, 0) is 16.0 Å². The van der Waals surface area contributed by atoms with Crippen molar-refractivity contribution in [1.82, 2.24) is 9.80 Å². The molecule has 2 fully saturated rings. The number of piperidine rings is 1. The van der Waals surface area contributed by atoms with Crippen molar-refractivity contribution in [3.8, 4) is 5.75 Å².